The van der Waals surface area contributed by atoms with Crippen LogP contribution < -0.4 is 0 Å². The molecule has 0 fully saturated rings. The van der Waals surface area contributed by atoms with Gasteiger partial charge in [0.2, 0.25) is 6.04 Å². The molecule has 0 heterocycles. The number of carbonyl (C=O) groups excluding carboxylic acids is 3. The van der Waals surface area contributed by atoms with Crippen LogP contribution in [0.4, 0.5) is 0 Å². The molecule has 3 atom stereocenters. The van der Waals surface area contributed by atoms with Crippen LogP contribution >= 0.6 is 0 Å². The van der Waals surface area contributed by atoms with Gasteiger partial charge in [-0.05, 0) is 41.0 Å². The molecule has 0 aliphatic heterocycles. The van der Waals surface area contributed by atoms with E-state index in [4.69, 9.17) is 24.0 Å². The van der Waals surface area contributed by atoms with Crippen molar-refractivity contribution in [3.63, 3.8) is 0 Å². The van der Waals surface area contributed by atoms with Crippen LogP contribution in [0.3, 0.4) is 0 Å². The predicted molar refractivity (Wildman–Crippen MR) is 191 cm³/mol. The van der Waals surface area contributed by atoms with Gasteiger partial charge in [0.05, 0.1) is 12.5 Å². The summed E-state index contributed by atoms with van der Waals surface area (Å²) < 4.78 is 16.4. The number of hydrogen-bond donors (Lipinski definition) is 0. The van der Waals surface area contributed by atoms with Crippen molar-refractivity contribution in [2.75, 3.05) is 6.61 Å². The fourth-order valence-electron chi connectivity index (χ4n) is 5.49. The lowest BCUT2D eigenvalue weighted by atomic mass is 9.88. The molecule has 0 saturated heterocycles. The van der Waals surface area contributed by atoms with Crippen molar-refractivity contribution >= 4 is 17.9 Å². The molecule has 0 amide bonds. The van der Waals surface area contributed by atoms with E-state index in [1.807, 2.05) is 109 Å². The summed E-state index contributed by atoms with van der Waals surface area (Å²) in [5, 5.41) is 12.5. The highest BCUT2D eigenvalue weighted by molar-refractivity contribution is 5.74. The molecule has 4 rings (SSSR count). The molecule has 4 aromatic rings. The highest BCUT2D eigenvalue weighted by Crippen LogP contribution is 2.25. The van der Waals surface area contributed by atoms with Crippen molar-refractivity contribution in [1.82, 2.24) is 0 Å². The van der Waals surface area contributed by atoms with Gasteiger partial charge in [-0.2, -0.15) is 0 Å². The van der Waals surface area contributed by atoms with E-state index in [9.17, 15) is 24.5 Å². The molecule has 52 heavy (non-hydrogen) atoms. The normalized spacial score (nSPS) is 12.6. The Labute approximate surface area is 303 Å². The summed E-state index contributed by atoms with van der Waals surface area (Å²) >= 11 is 0. The third-order valence-electron chi connectivity index (χ3n) is 8.41. The Balaban J connectivity index is 1.40. The van der Waals surface area contributed by atoms with Crippen molar-refractivity contribution in [3.8, 4) is 0 Å². The molecule has 4 aromatic carbocycles. The molecule has 3 unspecified atom stereocenters. The van der Waals surface area contributed by atoms with E-state index in [1.165, 1.54) is 0 Å². The first-order valence-electron chi connectivity index (χ1n) is 17.4. The van der Waals surface area contributed by atoms with Crippen molar-refractivity contribution in [2.45, 2.75) is 71.0 Å². The van der Waals surface area contributed by atoms with Gasteiger partial charge in [0.25, 0.3) is 0 Å². The van der Waals surface area contributed by atoms with E-state index in [2.05, 4.69) is 0 Å². The number of nitrogens with zero attached hydrogens (tertiary/aromatic N) is 1. The topological polar surface area (TPSA) is 140 Å². The summed E-state index contributed by atoms with van der Waals surface area (Å²) in [6, 6.07) is 35.7. The third kappa shape index (κ3) is 15.2. The predicted octanol–water partition coefficient (Wildman–Crippen LogP) is 7.58. The number of ether oxygens (including phenoxy) is 3. The summed E-state index contributed by atoms with van der Waals surface area (Å²) in [7, 11) is 0. The number of rotatable bonds is 23. The largest absolute Gasteiger partial charge is 0.461 e. The average molecular weight is 712 g/mol. The van der Waals surface area contributed by atoms with Crippen molar-refractivity contribution < 1.29 is 43.3 Å². The third-order valence-corrected chi connectivity index (χ3v) is 8.41. The first-order chi connectivity index (χ1) is 25.4. The Kier molecular flexibility index (Phi) is 17.0. The van der Waals surface area contributed by atoms with Gasteiger partial charge < -0.3 is 14.2 Å². The monoisotopic (exact) mass is 711 g/mol. The molecular formula is C41H45NO10. The van der Waals surface area contributed by atoms with Gasteiger partial charge in [-0.25, -0.2) is 9.78 Å². The average Bonchev–Trinajstić information content (AvgIpc) is 3.18. The second-order valence-corrected chi connectivity index (χ2v) is 12.5. The SMILES string of the molecule is O=C(CCC(COOCc1ccccc1)CC(CC(CCC(=O)OCc1ccccc1)C(=O)OCc1ccccc1)[N+](=O)[O-])OCc1ccccc1. The minimum absolute atomic E-state index is 0.000218. The smallest absolute Gasteiger partial charge is 0.309 e. The fourth-order valence-corrected chi connectivity index (χ4v) is 5.49. The Morgan fingerprint density at radius 3 is 1.42 bits per heavy atom. The molecule has 0 N–H and O–H groups in total. The van der Waals surface area contributed by atoms with Gasteiger partial charge in [0, 0.05) is 30.6 Å². The maximum absolute atomic E-state index is 13.4. The maximum atomic E-state index is 13.4. The van der Waals surface area contributed by atoms with Crippen molar-refractivity contribution in [1.29, 1.82) is 0 Å². The number of carbonyl (C=O) groups is 3. The van der Waals surface area contributed by atoms with Crippen molar-refractivity contribution in [2.24, 2.45) is 11.8 Å². The fraction of sp³-hybridized carbons (Fsp3) is 0.341. The van der Waals surface area contributed by atoms with Crippen molar-refractivity contribution in [3.05, 3.63) is 154 Å². The van der Waals surface area contributed by atoms with Gasteiger partial charge in [-0.1, -0.05) is 121 Å². The van der Waals surface area contributed by atoms with E-state index in [0.717, 1.165) is 22.3 Å². The zero-order chi connectivity index (χ0) is 36.8. The summed E-state index contributed by atoms with van der Waals surface area (Å²) in [5.41, 5.74) is 3.29. The maximum Gasteiger partial charge on any atom is 0.309 e. The van der Waals surface area contributed by atoms with Gasteiger partial charge in [0.1, 0.15) is 26.4 Å². The lowest BCUT2D eigenvalue weighted by Crippen LogP contribution is -2.31. The molecule has 0 bridgehead atoms. The number of nitro groups is 1. The van der Waals surface area contributed by atoms with Crippen LogP contribution in [0.25, 0.3) is 0 Å². The van der Waals surface area contributed by atoms with Crippen LogP contribution in [0.1, 0.15) is 60.8 Å². The van der Waals surface area contributed by atoms with E-state index in [0.29, 0.717) is 0 Å². The van der Waals surface area contributed by atoms with Crippen LogP contribution in [0.2, 0.25) is 0 Å². The van der Waals surface area contributed by atoms with Crippen LogP contribution in [0, 0.1) is 22.0 Å². The number of hydrogen-bond acceptors (Lipinski definition) is 10. The first-order valence-corrected chi connectivity index (χ1v) is 17.4. The Bertz CT molecular complexity index is 1640. The molecule has 0 spiro atoms. The molecule has 0 aromatic heterocycles. The molecular weight excluding hydrogens is 666 g/mol. The summed E-state index contributed by atoms with van der Waals surface area (Å²) in [4.78, 5) is 61.7. The first kappa shape index (κ1) is 39.4. The highest BCUT2D eigenvalue weighted by atomic mass is 17.2. The molecule has 0 saturated carbocycles. The Morgan fingerprint density at radius 2 is 0.962 bits per heavy atom. The number of benzene rings is 4. The molecule has 0 radical (unpaired) electrons. The Morgan fingerprint density at radius 1 is 0.538 bits per heavy atom. The second kappa shape index (κ2) is 22.4. The number of esters is 3. The van der Waals surface area contributed by atoms with E-state index in [1.54, 1.807) is 12.1 Å². The Hall–Kier alpha value is -5.39. The van der Waals surface area contributed by atoms with Gasteiger partial charge in [-0.15, -0.1) is 0 Å². The second-order valence-electron chi connectivity index (χ2n) is 12.5. The van der Waals surface area contributed by atoms with Crippen LogP contribution in [0.5, 0.6) is 0 Å². The minimum atomic E-state index is -1.21. The van der Waals surface area contributed by atoms with Crippen LogP contribution in [-0.2, 0) is 64.8 Å². The zero-order valence-corrected chi connectivity index (χ0v) is 29.1. The summed E-state index contributed by atoms with van der Waals surface area (Å²) in [5.74, 6) is -3.08. The molecule has 11 heteroatoms. The summed E-state index contributed by atoms with van der Waals surface area (Å²) in [6.07, 6.45) is -0.114. The van der Waals surface area contributed by atoms with Crippen LogP contribution in [-0.4, -0.2) is 35.5 Å². The van der Waals surface area contributed by atoms with Crippen LogP contribution in [0.15, 0.2) is 121 Å². The lowest BCUT2D eigenvalue weighted by Gasteiger charge is -2.22. The zero-order valence-electron chi connectivity index (χ0n) is 29.1. The van der Waals surface area contributed by atoms with E-state index >= 15 is 0 Å². The molecule has 0 aliphatic carbocycles. The standard InChI is InChI=1S/C41H45NO10/c43-39(48-27-32-13-5-1-6-14-32)23-21-36(31-52-51-30-35-19-11-4-12-20-35)25-38(42(46)47)26-37(41(45)50-29-34-17-9-3-10-18-34)22-24-40(44)49-28-33-15-7-2-8-16-33/h1-20,36-38H,21-31H2. The highest BCUT2D eigenvalue weighted by Gasteiger charge is 2.33. The quantitative estimate of drug-likeness (QED) is 0.0189. The van der Waals surface area contributed by atoms with Gasteiger partial charge in [-0.3, -0.25) is 24.5 Å². The summed E-state index contributed by atoms with van der Waals surface area (Å²) in [6.45, 7) is 0.304. The molecule has 11 nitrogen and oxygen atoms in total. The van der Waals surface area contributed by atoms with E-state index < -0.39 is 40.7 Å². The van der Waals surface area contributed by atoms with Gasteiger partial charge in [0.15, 0.2) is 0 Å². The van der Waals surface area contributed by atoms with Gasteiger partial charge >= 0.3 is 17.9 Å². The van der Waals surface area contributed by atoms with E-state index in [-0.39, 0.29) is 71.6 Å². The molecule has 274 valence electrons. The minimum Gasteiger partial charge on any atom is -0.461 e. The lowest BCUT2D eigenvalue weighted by molar-refractivity contribution is -0.527. The molecule has 0 aliphatic rings.